The van der Waals surface area contributed by atoms with Crippen LogP contribution in [-0.4, -0.2) is 15.7 Å². The molecule has 0 aliphatic carbocycles. The normalized spacial score (nSPS) is 18.7. The molecule has 1 aromatic carbocycles. The Hall–Kier alpha value is -0.350. The standard InChI is InChI=1S/C10H12BrNOS/c1-8-4-2-5-9(10(8)11)12-14(13)6-3-7-14/h2,4-5H,3,6-7H2,1H3. The van der Waals surface area contributed by atoms with Gasteiger partial charge in [-0.25, -0.2) is 4.21 Å². The minimum atomic E-state index is -1.89. The summed E-state index contributed by atoms with van der Waals surface area (Å²) < 4.78 is 17.2. The van der Waals surface area contributed by atoms with Gasteiger partial charge in [0.25, 0.3) is 0 Å². The predicted octanol–water partition coefficient (Wildman–Crippen LogP) is 3.26. The SMILES string of the molecule is Cc1cccc(N=S2(=O)CCC2)c1Br. The Kier molecular flexibility index (Phi) is 2.66. The summed E-state index contributed by atoms with van der Waals surface area (Å²) >= 11 is 3.47. The Morgan fingerprint density at radius 3 is 2.71 bits per heavy atom. The lowest BCUT2D eigenvalue weighted by molar-refractivity contribution is 0.663. The molecule has 0 amide bonds. The predicted molar refractivity (Wildman–Crippen MR) is 63.5 cm³/mol. The van der Waals surface area contributed by atoms with Crippen molar-refractivity contribution in [2.24, 2.45) is 4.36 Å². The van der Waals surface area contributed by atoms with Gasteiger partial charge >= 0.3 is 0 Å². The Morgan fingerprint density at radius 1 is 1.43 bits per heavy atom. The Morgan fingerprint density at radius 2 is 2.14 bits per heavy atom. The third-order valence-corrected chi connectivity index (χ3v) is 5.78. The van der Waals surface area contributed by atoms with E-state index < -0.39 is 9.73 Å². The molecule has 1 aromatic rings. The summed E-state index contributed by atoms with van der Waals surface area (Å²) in [5.41, 5.74) is 1.96. The number of hydrogen-bond acceptors (Lipinski definition) is 2. The molecule has 2 nitrogen and oxygen atoms in total. The quantitative estimate of drug-likeness (QED) is 0.772. The lowest BCUT2D eigenvalue weighted by atomic mass is 10.2. The lowest BCUT2D eigenvalue weighted by Crippen LogP contribution is -2.22. The molecule has 1 fully saturated rings. The van der Waals surface area contributed by atoms with Crippen LogP contribution in [0.15, 0.2) is 27.0 Å². The number of halogens is 1. The molecule has 0 atom stereocenters. The smallest absolute Gasteiger partial charge is 0.0874 e. The first kappa shape index (κ1) is 10.2. The van der Waals surface area contributed by atoms with Crippen molar-refractivity contribution in [2.45, 2.75) is 13.3 Å². The van der Waals surface area contributed by atoms with Crippen LogP contribution < -0.4 is 0 Å². The maximum atomic E-state index is 11.9. The first-order chi connectivity index (χ1) is 6.61. The second-order valence-corrected chi connectivity index (χ2v) is 6.87. The van der Waals surface area contributed by atoms with Crippen LogP contribution in [0.2, 0.25) is 0 Å². The van der Waals surface area contributed by atoms with Gasteiger partial charge in [-0.2, -0.15) is 4.36 Å². The molecule has 1 aliphatic heterocycles. The third-order valence-electron chi connectivity index (χ3n) is 2.36. The summed E-state index contributed by atoms with van der Waals surface area (Å²) in [5.74, 6) is 1.51. The molecule has 1 aliphatic rings. The van der Waals surface area contributed by atoms with Crippen LogP contribution in [0.1, 0.15) is 12.0 Å². The number of benzene rings is 1. The zero-order valence-corrected chi connectivity index (χ0v) is 10.4. The van der Waals surface area contributed by atoms with Crippen molar-refractivity contribution in [3.8, 4) is 0 Å². The van der Waals surface area contributed by atoms with Gasteiger partial charge in [-0.15, -0.1) is 0 Å². The van der Waals surface area contributed by atoms with Crippen molar-refractivity contribution in [3.63, 3.8) is 0 Å². The van der Waals surface area contributed by atoms with Crippen LogP contribution in [0.25, 0.3) is 0 Å². The van der Waals surface area contributed by atoms with Crippen LogP contribution in [0.5, 0.6) is 0 Å². The summed E-state index contributed by atoms with van der Waals surface area (Å²) in [6, 6.07) is 5.86. The number of hydrogen-bond donors (Lipinski definition) is 0. The second kappa shape index (κ2) is 3.66. The zero-order chi connectivity index (χ0) is 10.2. The highest BCUT2D eigenvalue weighted by molar-refractivity contribution is 9.10. The van der Waals surface area contributed by atoms with Crippen molar-refractivity contribution < 1.29 is 4.21 Å². The van der Waals surface area contributed by atoms with Gasteiger partial charge in [-0.3, -0.25) is 0 Å². The second-order valence-electron chi connectivity index (χ2n) is 3.53. The van der Waals surface area contributed by atoms with E-state index in [0.717, 1.165) is 33.7 Å². The maximum absolute atomic E-state index is 11.9. The van der Waals surface area contributed by atoms with Gasteiger partial charge < -0.3 is 0 Å². The highest BCUT2D eigenvalue weighted by atomic mass is 79.9. The molecule has 4 heteroatoms. The molecule has 0 saturated carbocycles. The summed E-state index contributed by atoms with van der Waals surface area (Å²) in [7, 11) is -1.89. The van der Waals surface area contributed by atoms with E-state index in [1.807, 2.05) is 25.1 Å². The Labute approximate surface area is 93.0 Å². The molecular weight excluding hydrogens is 262 g/mol. The lowest BCUT2D eigenvalue weighted by Gasteiger charge is -2.18. The number of rotatable bonds is 1. The molecule has 14 heavy (non-hydrogen) atoms. The molecule has 1 heterocycles. The fourth-order valence-corrected chi connectivity index (χ4v) is 3.31. The zero-order valence-electron chi connectivity index (χ0n) is 8.00. The van der Waals surface area contributed by atoms with Gasteiger partial charge in [0.15, 0.2) is 0 Å². The minimum absolute atomic E-state index is 0.757. The van der Waals surface area contributed by atoms with E-state index in [9.17, 15) is 4.21 Å². The first-order valence-electron chi connectivity index (χ1n) is 4.58. The van der Waals surface area contributed by atoms with Gasteiger partial charge in [0.1, 0.15) is 0 Å². The maximum Gasteiger partial charge on any atom is 0.0874 e. The van der Waals surface area contributed by atoms with Gasteiger partial charge in [-0.05, 0) is 40.9 Å². The van der Waals surface area contributed by atoms with E-state index in [1.165, 1.54) is 0 Å². The molecular formula is C10H12BrNOS. The van der Waals surface area contributed by atoms with Crippen LogP contribution >= 0.6 is 15.9 Å². The molecule has 0 unspecified atom stereocenters. The van der Waals surface area contributed by atoms with Crippen LogP contribution in [0.3, 0.4) is 0 Å². The first-order valence-corrected chi connectivity index (χ1v) is 7.23. The van der Waals surface area contributed by atoms with Gasteiger partial charge in [-0.1, -0.05) is 12.1 Å². The molecule has 2 rings (SSSR count). The van der Waals surface area contributed by atoms with Crippen LogP contribution in [0, 0.1) is 6.92 Å². The van der Waals surface area contributed by atoms with Crippen LogP contribution in [0.4, 0.5) is 5.69 Å². The van der Waals surface area contributed by atoms with E-state index >= 15 is 0 Å². The molecule has 0 aromatic heterocycles. The Bertz CT molecular complexity index is 465. The molecule has 0 spiro atoms. The third kappa shape index (κ3) is 1.86. The molecule has 76 valence electrons. The average Bonchev–Trinajstić information content (AvgIpc) is 2.10. The Balaban J connectivity index is 2.48. The summed E-state index contributed by atoms with van der Waals surface area (Å²) in [6.07, 6.45) is 1.05. The van der Waals surface area contributed by atoms with E-state index in [1.54, 1.807) is 0 Å². The number of nitrogens with zero attached hydrogens (tertiary/aromatic N) is 1. The van der Waals surface area contributed by atoms with Crippen molar-refractivity contribution in [3.05, 3.63) is 28.2 Å². The molecule has 0 radical (unpaired) electrons. The largest absolute Gasteiger partial charge is 0.249 e. The van der Waals surface area contributed by atoms with Crippen molar-refractivity contribution in [1.29, 1.82) is 0 Å². The van der Waals surface area contributed by atoms with E-state index in [0.29, 0.717) is 0 Å². The highest BCUT2D eigenvalue weighted by Gasteiger charge is 2.19. The fourth-order valence-electron chi connectivity index (χ4n) is 1.36. The number of aryl methyl sites for hydroxylation is 1. The minimum Gasteiger partial charge on any atom is -0.249 e. The van der Waals surface area contributed by atoms with Gasteiger partial charge in [0.2, 0.25) is 0 Å². The topological polar surface area (TPSA) is 29.4 Å². The molecule has 1 saturated heterocycles. The highest BCUT2D eigenvalue weighted by Crippen LogP contribution is 2.31. The van der Waals surface area contributed by atoms with Crippen LogP contribution in [-0.2, 0) is 9.73 Å². The van der Waals surface area contributed by atoms with Crippen molar-refractivity contribution >= 4 is 31.3 Å². The van der Waals surface area contributed by atoms with E-state index in [2.05, 4.69) is 20.3 Å². The monoisotopic (exact) mass is 273 g/mol. The van der Waals surface area contributed by atoms with Gasteiger partial charge in [0, 0.05) is 16.0 Å². The fraction of sp³-hybridized carbons (Fsp3) is 0.400. The summed E-state index contributed by atoms with van der Waals surface area (Å²) in [4.78, 5) is 0. The van der Waals surface area contributed by atoms with Crippen molar-refractivity contribution in [1.82, 2.24) is 0 Å². The summed E-state index contributed by atoms with van der Waals surface area (Å²) in [6.45, 7) is 2.01. The van der Waals surface area contributed by atoms with Gasteiger partial charge in [0.05, 0.1) is 15.4 Å². The average molecular weight is 274 g/mol. The van der Waals surface area contributed by atoms with E-state index in [-0.39, 0.29) is 0 Å². The molecule has 0 bridgehead atoms. The van der Waals surface area contributed by atoms with Crippen molar-refractivity contribution in [2.75, 3.05) is 11.5 Å². The molecule has 0 N–H and O–H groups in total. The van der Waals surface area contributed by atoms with E-state index in [4.69, 9.17) is 0 Å². The summed E-state index contributed by atoms with van der Waals surface area (Å²) in [5, 5.41) is 0.